The van der Waals surface area contributed by atoms with E-state index in [1.54, 1.807) is 46.8 Å². The third kappa shape index (κ3) is 23.2. The average molecular weight is 1440 g/mol. The predicted molar refractivity (Wildman–Crippen MR) is 356 cm³/mol. The molecule has 31 heteroatoms. The zero-order valence-corrected chi connectivity index (χ0v) is 60.0. The second kappa shape index (κ2) is 34.3. The van der Waals surface area contributed by atoms with Gasteiger partial charge in [-0.05, 0) is 127 Å². The van der Waals surface area contributed by atoms with Crippen LogP contribution in [0.15, 0.2) is 26.8 Å². The Morgan fingerprint density at radius 2 is 1.20 bits per heavy atom. The van der Waals surface area contributed by atoms with Crippen molar-refractivity contribution in [2.75, 3.05) is 96.6 Å². The van der Waals surface area contributed by atoms with Gasteiger partial charge in [0.25, 0.3) is 0 Å². The van der Waals surface area contributed by atoms with E-state index in [4.69, 9.17) is 73.7 Å². The largest absolute Gasteiger partial charge is 0.744 e. The molecule has 0 bridgehead atoms. The van der Waals surface area contributed by atoms with Gasteiger partial charge in [0.2, 0.25) is 11.8 Å². The molecule has 25 nitrogen and oxygen atoms in total. The Kier molecular flexibility index (Phi) is 29.0. The Balaban J connectivity index is 0.000000822. The normalized spacial score (nSPS) is 16.2. The fraction of sp³-hybridized carbons (Fsp3) is 0.603. The highest BCUT2D eigenvalue weighted by molar-refractivity contribution is 8.00. The summed E-state index contributed by atoms with van der Waals surface area (Å²) in [6.07, 6.45) is 3.53. The highest BCUT2D eigenvalue weighted by Gasteiger charge is 2.41. The van der Waals surface area contributed by atoms with Crippen LogP contribution in [0.3, 0.4) is 0 Å². The molecule has 1 aliphatic carbocycles. The molecule has 3 aromatic carbocycles. The Morgan fingerprint density at radius 3 is 1.72 bits per heavy atom. The number of hydrogen-bond donors (Lipinski definition) is 7. The summed E-state index contributed by atoms with van der Waals surface area (Å²) >= 11 is 21.8. The van der Waals surface area contributed by atoms with Crippen LogP contribution in [-0.2, 0) is 58.2 Å². The molecule has 0 radical (unpaired) electrons. The first-order valence-electron chi connectivity index (χ1n) is 30.8. The highest BCUT2D eigenvalue weighted by Crippen LogP contribution is 2.54. The Morgan fingerprint density at radius 1 is 0.681 bits per heavy atom. The summed E-state index contributed by atoms with van der Waals surface area (Å²) in [5.74, 6) is -4.72. The van der Waals surface area contributed by atoms with Crippen LogP contribution in [0.5, 0.6) is 11.5 Å². The lowest BCUT2D eigenvalue weighted by molar-refractivity contribution is -0.121. The number of carboxylic acids is 1. The standard InChI is InChI=1S/C52H67Cl3N4O15S3.C11H24N2O4/c1-27-23-51(6,7)25-33-29(27)21-31-36(32-22-30-28(2)24-52(8,9)59-42(30)47(77(68,69)70)44(32)73-43(31)46(33)76(65,66)67)37-38(48(62)63)39(53)41(55)45(40(37)54)75-26-35(61)56-14-12-10-11-13-34(60)57-15-17-71-19-20-72-18-16-58-49(64)74-50(3,4)5;1-11(2,3)17-10(14)13-5-7-16-9-8-15-6-4-12/h21-22,25,27-28,59H,10-20,23-24,26H2,1-9H3,(H,56,61)(H,57,60)(H,58,64)(H,62,63)(H,65,66,67)(H,68,69,70);4-9,12H2,1-3H3,(H,13,14)/p-2. The van der Waals surface area contributed by atoms with E-state index in [-0.39, 0.29) is 98.1 Å². The number of halogens is 3. The average Bonchev–Trinajstić information content (AvgIpc) is 0.699. The van der Waals surface area contributed by atoms with Crippen LogP contribution in [-0.4, -0.2) is 169 Å². The highest BCUT2D eigenvalue weighted by atomic mass is 35.5. The Bertz CT molecular complexity index is 3620. The lowest BCUT2D eigenvalue weighted by Crippen LogP contribution is -2.38. The van der Waals surface area contributed by atoms with Gasteiger partial charge in [0.15, 0.2) is 11.5 Å². The predicted octanol–water partition coefficient (Wildman–Crippen LogP) is 8.46. The minimum Gasteiger partial charge on any atom is -0.744 e. The second-order valence-electron chi connectivity index (χ2n) is 26.1. The third-order valence-corrected chi connectivity index (χ3v) is 18.8. The molecule has 2 unspecified atom stereocenters. The van der Waals surface area contributed by atoms with Gasteiger partial charge in [-0.1, -0.05) is 75.0 Å². The SMILES string of the molecule is CC(C)(C)OC(=O)NCCOCCOCCN.CC1CC(C)(C)Nc2c1cc1c(c2S(=O)(=O)[O-])Oc2c(S(=O)(=O)[O-])c3c(cc2=C1c1c(Cl)c(SCC(=O)NCCCCCC(=O)NCCOCCOCCNC(=O)OC(C)(C)C)c(Cl)c(Cl)c1C(=O)O)C(C)CC(C)(C)C=3. The number of carbonyl (C=O) groups excluding carboxylic acids is 4. The molecular weight excluding hydrogens is 1350 g/mol. The van der Waals surface area contributed by atoms with Crippen molar-refractivity contribution in [2.24, 2.45) is 11.1 Å². The second-order valence-corrected chi connectivity index (χ2v) is 30.8. The van der Waals surface area contributed by atoms with Crippen LogP contribution in [0.1, 0.15) is 166 Å². The maximum atomic E-state index is 13.6. The molecule has 8 N–H and O–H groups in total. The van der Waals surface area contributed by atoms with Crippen LogP contribution in [0.4, 0.5) is 15.3 Å². The summed E-state index contributed by atoms with van der Waals surface area (Å²) in [4.78, 5) is 60.2. The summed E-state index contributed by atoms with van der Waals surface area (Å²) in [6.45, 7) is 26.6. The van der Waals surface area contributed by atoms with Crippen molar-refractivity contribution in [1.29, 1.82) is 0 Å². The van der Waals surface area contributed by atoms with Gasteiger partial charge in [0.1, 0.15) is 41.2 Å². The van der Waals surface area contributed by atoms with E-state index in [1.807, 2.05) is 48.5 Å². The number of benzene rings is 3. The number of nitrogens with one attached hydrogen (secondary N) is 5. The van der Waals surface area contributed by atoms with E-state index >= 15 is 0 Å². The number of nitrogens with two attached hydrogens (primary N) is 1. The van der Waals surface area contributed by atoms with Crippen LogP contribution in [0, 0.1) is 5.41 Å². The molecule has 0 saturated carbocycles. The maximum Gasteiger partial charge on any atom is 0.407 e. The van der Waals surface area contributed by atoms with Gasteiger partial charge < -0.3 is 79.7 Å². The zero-order chi connectivity index (χ0) is 70.3. The lowest BCUT2D eigenvalue weighted by Gasteiger charge is -2.40. The fourth-order valence-electron chi connectivity index (χ4n) is 11.0. The molecule has 2 heterocycles. The quantitative estimate of drug-likeness (QED) is 0.0111. The van der Waals surface area contributed by atoms with Gasteiger partial charge in [-0.25, -0.2) is 31.2 Å². The minimum absolute atomic E-state index is 0.00964. The fourth-order valence-corrected chi connectivity index (χ4v) is 14.6. The molecule has 526 valence electrons. The van der Waals surface area contributed by atoms with E-state index in [2.05, 4.69) is 26.6 Å². The number of carbonyl (C=O) groups is 5. The molecule has 6 rings (SSSR count). The topological polar surface area (TPSA) is 371 Å². The van der Waals surface area contributed by atoms with Gasteiger partial charge in [-0.2, -0.15) is 0 Å². The number of alkyl carbamates (subject to hydrolysis) is 2. The zero-order valence-electron chi connectivity index (χ0n) is 55.3. The maximum absolute atomic E-state index is 13.6. The molecule has 2 aliphatic heterocycles. The van der Waals surface area contributed by atoms with Crippen LogP contribution < -0.4 is 47.5 Å². The van der Waals surface area contributed by atoms with E-state index in [0.717, 1.165) is 11.8 Å². The van der Waals surface area contributed by atoms with Crippen molar-refractivity contribution in [3.63, 3.8) is 0 Å². The molecule has 0 saturated heterocycles. The van der Waals surface area contributed by atoms with Crippen LogP contribution in [0.2, 0.25) is 15.1 Å². The number of hydrogen-bond acceptors (Lipinski definition) is 21. The minimum atomic E-state index is -5.54. The van der Waals surface area contributed by atoms with Crippen LogP contribution in [0.25, 0.3) is 11.6 Å². The summed E-state index contributed by atoms with van der Waals surface area (Å²) in [6, 6.07) is 3.08. The van der Waals surface area contributed by atoms with E-state index in [0.29, 0.717) is 103 Å². The number of carboxylic acid groups (broad SMARTS) is 1. The Labute approximate surface area is 569 Å². The number of unbranched alkanes of at least 4 members (excludes halogenated alkanes) is 2. The number of amides is 4. The number of ether oxygens (including phenoxy) is 7. The summed E-state index contributed by atoms with van der Waals surface area (Å²) in [5.41, 5.74) is 1.97. The van der Waals surface area contributed by atoms with Crippen molar-refractivity contribution in [3.05, 3.63) is 65.5 Å². The number of thioether (sulfide) groups is 1. The summed E-state index contributed by atoms with van der Waals surface area (Å²) < 4.78 is 119. The van der Waals surface area contributed by atoms with Gasteiger partial charge in [-0.3, -0.25) is 9.59 Å². The van der Waals surface area contributed by atoms with Crippen molar-refractivity contribution < 1.29 is 88.2 Å². The molecule has 0 aromatic heterocycles. The number of rotatable bonds is 30. The first kappa shape index (κ1) is 79.5. The molecular formula is C63H89Cl3N6O19S3-2. The first-order valence-corrected chi connectivity index (χ1v) is 35.7. The summed E-state index contributed by atoms with van der Waals surface area (Å²) in [5, 5.41) is 23.5. The van der Waals surface area contributed by atoms with Gasteiger partial charge >= 0.3 is 18.2 Å². The molecule has 0 fully saturated rings. The number of fused-ring (bicyclic) bond motifs is 4. The molecule has 2 atom stereocenters. The van der Waals surface area contributed by atoms with Crippen molar-refractivity contribution in [1.82, 2.24) is 21.3 Å². The van der Waals surface area contributed by atoms with Gasteiger partial charge in [0, 0.05) is 71.5 Å². The lowest BCUT2D eigenvalue weighted by atomic mass is 9.74. The molecule has 3 aliphatic rings. The monoisotopic (exact) mass is 1430 g/mol. The van der Waals surface area contributed by atoms with Crippen LogP contribution >= 0.6 is 46.6 Å². The van der Waals surface area contributed by atoms with Crippen molar-refractivity contribution in [3.8, 4) is 11.5 Å². The first-order chi connectivity index (χ1) is 43.7. The number of anilines is 1. The van der Waals surface area contributed by atoms with Gasteiger partial charge in [0.05, 0.1) is 84.9 Å². The molecule has 94 heavy (non-hydrogen) atoms. The Hall–Kier alpha value is -5.21. The van der Waals surface area contributed by atoms with Crippen molar-refractivity contribution >= 4 is 114 Å². The van der Waals surface area contributed by atoms with E-state index < -0.39 is 104 Å². The smallest absolute Gasteiger partial charge is 0.407 e. The molecule has 0 spiro atoms. The molecule has 4 amide bonds. The van der Waals surface area contributed by atoms with Crippen molar-refractivity contribution in [2.45, 2.75) is 165 Å². The summed E-state index contributed by atoms with van der Waals surface area (Å²) in [7, 11) is -11.0. The van der Waals surface area contributed by atoms with E-state index in [9.17, 15) is 55.0 Å². The third-order valence-electron chi connectivity index (χ3n) is 14.4. The molecule has 3 aromatic rings. The van der Waals surface area contributed by atoms with Gasteiger partial charge in [-0.15, -0.1) is 11.8 Å². The van der Waals surface area contributed by atoms with E-state index in [1.165, 1.54) is 6.07 Å². The number of aromatic carboxylic acids is 1.